The van der Waals surface area contributed by atoms with E-state index < -0.39 is 0 Å². The lowest BCUT2D eigenvalue weighted by atomic mass is 9.86. The molecule has 0 atom stereocenters. The predicted molar refractivity (Wildman–Crippen MR) is 104 cm³/mol. The molecular weight excluding hydrogens is 370 g/mol. The van der Waals surface area contributed by atoms with Crippen LogP contribution in [0.1, 0.15) is 46.4 Å². The molecule has 0 saturated carbocycles. The van der Waals surface area contributed by atoms with Gasteiger partial charge in [0.05, 0.1) is 0 Å². The Balaban J connectivity index is 1.49. The molecule has 9 nitrogen and oxygen atoms in total. The van der Waals surface area contributed by atoms with E-state index in [1.807, 2.05) is 23.5 Å². The first-order chi connectivity index (χ1) is 12.4. The summed E-state index contributed by atoms with van der Waals surface area (Å²) < 4.78 is 0. The molecule has 146 valence electrons. The van der Waals surface area contributed by atoms with E-state index in [4.69, 9.17) is 0 Å². The third-order valence-electron chi connectivity index (χ3n) is 4.17. The molecule has 0 bridgehead atoms. The zero-order valence-corrected chi connectivity index (χ0v) is 17.7. The van der Waals surface area contributed by atoms with Gasteiger partial charge in [-0.05, 0) is 29.8 Å². The maximum Gasteiger partial charge on any atom is 0.231 e. The van der Waals surface area contributed by atoms with Gasteiger partial charge in [0.25, 0.3) is 0 Å². The third-order valence-corrected chi connectivity index (χ3v) is 6.40. The van der Waals surface area contributed by atoms with Gasteiger partial charge in [0, 0.05) is 23.3 Å². The van der Waals surface area contributed by atoms with Crippen LogP contribution in [0.15, 0.2) is 0 Å². The number of aromatic amines is 2. The number of tetrazole rings is 1. The first kappa shape index (κ1) is 21.1. The van der Waals surface area contributed by atoms with Crippen LogP contribution in [-0.4, -0.2) is 64.5 Å². The third kappa shape index (κ3) is 8.43. The molecule has 0 saturated heterocycles. The molecule has 0 aliphatic carbocycles. The lowest BCUT2D eigenvalue weighted by Crippen LogP contribution is -2.45. The number of hydrogen-bond donors (Lipinski definition) is 2. The Morgan fingerprint density at radius 2 is 1.62 bits per heavy atom. The topological polar surface area (TPSA) is 113 Å². The fourth-order valence-electron chi connectivity index (χ4n) is 2.50. The maximum absolute atomic E-state index is 4.05. The molecule has 0 aliphatic rings. The minimum atomic E-state index is 0.186. The summed E-state index contributed by atoms with van der Waals surface area (Å²) in [5.41, 5.74) is 0.395. The molecule has 0 unspecified atom stereocenters. The fourth-order valence-corrected chi connectivity index (χ4v) is 5.25. The highest BCUT2D eigenvalue weighted by Gasteiger charge is 2.22. The number of hydrogen-bond acceptors (Lipinski definition) is 8. The van der Waals surface area contributed by atoms with Crippen molar-refractivity contribution >= 4 is 23.5 Å². The first-order valence-corrected chi connectivity index (χ1v) is 11.2. The number of nitrogens with zero attached hydrogens (tertiary/aromatic N) is 7. The second-order valence-electron chi connectivity index (χ2n) is 7.99. The Hall–Kier alpha value is -1.23. The molecule has 0 fully saturated rings. The molecule has 11 heteroatoms. The summed E-state index contributed by atoms with van der Waals surface area (Å²) in [6.07, 6.45) is 3.17. The van der Waals surface area contributed by atoms with Crippen molar-refractivity contribution < 1.29 is 4.80 Å². The van der Waals surface area contributed by atoms with Crippen molar-refractivity contribution in [2.75, 3.05) is 23.0 Å². The highest BCUT2D eigenvalue weighted by Crippen LogP contribution is 2.27. The molecule has 0 aromatic carbocycles. The van der Waals surface area contributed by atoms with E-state index in [1.165, 1.54) is 23.0 Å². The van der Waals surface area contributed by atoms with Crippen LogP contribution in [0.25, 0.3) is 0 Å². The van der Waals surface area contributed by atoms with Gasteiger partial charge < -0.3 is 0 Å². The highest BCUT2D eigenvalue weighted by molar-refractivity contribution is 8.02. The van der Waals surface area contributed by atoms with Crippen LogP contribution in [0.5, 0.6) is 0 Å². The summed E-state index contributed by atoms with van der Waals surface area (Å²) in [5.74, 6) is 5.54. The summed E-state index contributed by atoms with van der Waals surface area (Å²) in [6, 6.07) is 0. The Morgan fingerprint density at radius 3 is 2.19 bits per heavy atom. The summed E-state index contributed by atoms with van der Waals surface area (Å²) in [4.78, 5) is 1.69. The molecular formula is C15H30N9S2+. The van der Waals surface area contributed by atoms with Crippen molar-refractivity contribution in [2.24, 2.45) is 10.8 Å². The van der Waals surface area contributed by atoms with Gasteiger partial charge in [-0.2, -0.15) is 28.7 Å². The average molecular weight is 401 g/mol. The molecule has 0 radical (unpaired) electrons. The van der Waals surface area contributed by atoms with Crippen molar-refractivity contribution in [2.45, 2.75) is 53.5 Å². The van der Waals surface area contributed by atoms with E-state index in [0.717, 1.165) is 31.6 Å². The van der Waals surface area contributed by atoms with E-state index in [-0.39, 0.29) is 10.8 Å². The van der Waals surface area contributed by atoms with Crippen LogP contribution < -0.4 is 4.80 Å². The van der Waals surface area contributed by atoms with E-state index in [1.54, 1.807) is 4.80 Å². The Kier molecular flexibility index (Phi) is 8.26. The summed E-state index contributed by atoms with van der Waals surface area (Å²) in [6.45, 7) is 9.85. The largest absolute Gasteiger partial charge is 0.231 e. The molecule has 0 amide bonds. The quantitative estimate of drug-likeness (QED) is 0.384. The molecule has 2 aromatic heterocycles. The van der Waals surface area contributed by atoms with Gasteiger partial charge >= 0.3 is 0 Å². The van der Waals surface area contributed by atoms with Crippen molar-refractivity contribution in [3.05, 3.63) is 5.82 Å². The van der Waals surface area contributed by atoms with Crippen molar-refractivity contribution in [1.82, 2.24) is 41.5 Å². The smallest absolute Gasteiger partial charge is 0.177 e. The van der Waals surface area contributed by atoms with Crippen molar-refractivity contribution in [3.63, 3.8) is 0 Å². The number of nitrogens with one attached hydrogen (secondary N) is 2. The number of aromatic nitrogens is 9. The summed E-state index contributed by atoms with van der Waals surface area (Å²) in [7, 11) is 0. The standard InChI is InChI=1S/C15H29N9S2/c1-14(2,11-13-16-18-19-17-13)5-7-25-9-10-26-8-6-15(3,4)12-24-22-20-21-23-24/h5-12H2,1-4H3,(H,16,17,18,19)/p+1. The SMILES string of the molecule is CC(C)(CCSCCSCCC(C)(C)C[n+]1nnn[nH]1)Cc1nn[nH]n1. The Labute approximate surface area is 163 Å². The van der Waals surface area contributed by atoms with Gasteiger partial charge in [-0.15, -0.1) is 10.2 Å². The van der Waals surface area contributed by atoms with E-state index >= 15 is 0 Å². The van der Waals surface area contributed by atoms with Gasteiger partial charge in [0.2, 0.25) is 10.4 Å². The number of thioether (sulfide) groups is 2. The van der Waals surface area contributed by atoms with Gasteiger partial charge in [-0.3, -0.25) is 0 Å². The molecule has 2 heterocycles. The average Bonchev–Trinajstić information content (AvgIpc) is 3.23. The van der Waals surface area contributed by atoms with Crippen molar-refractivity contribution in [1.29, 1.82) is 0 Å². The van der Waals surface area contributed by atoms with E-state index in [0.29, 0.717) is 0 Å². The monoisotopic (exact) mass is 400 g/mol. The minimum Gasteiger partial charge on any atom is -0.177 e. The fraction of sp³-hybridized carbons (Fsp3) is 0.933. The van der Waals surface area contributed by atoms with Crippen LogP contribution in [0.2, 0.25) is 0 Å². The zero-order valence-electron chi connectivity index (χ0n) is 16.1. The summed E-state index contributed by atoms with van der Waals surface area (Å²) in [5, 5.41) is 28.1. The van der Waals surface area contributed by atoms with Gasteiger partial charge in [0.15, 0.2) is 5.82 Å². The maximum atomic E-state index is 4.05. The predicted octanol–water partition coefficient (Wildman–Crippen LogP) is 1.54. The van der Waals surface area contributed by atoms with Crippen LogP contribution in [0.3, 0.4) is 0 Å². The Morgan fingerprint density at radius 1 is 0.923 bits per heavy atom. The van der Waals surface area contributed by atoms with Crippen LogP contribution in [0, 0.1) is 10.8 Å². The normalized spacial score (nSPS) is 12.6. The molecule has 2 aromatic rings. The van der Waals surface area contributed by atoms with E-state index in [2.05, 4.69) is 69.2 Å². The molecule has 26 heavy (non-hydrogen) atoms. The lowest BCUT2D eigenvalue weighted by molar-refractivity contribution is -0.816. The number of H-pyrrole nitrogens is 2. The second kappa shape index (κ2) is 10.2. The van der Waals surface area contributed by atoms with Gasteiger partial charge in [0.1, 0.15) is 11.8 Å². The highest BCUT2D eigenvalue weighted by atomic mass is 32.2. The first-order valence-electron chi connectivity index (χ1n) is 8.88. The van der Waals surface area contributed by atoms with Crippen LogP contribution in [-0.2, 0) is 13.0 Å². The number of rotatable bonds is 13. The van der Waals surface area contributed by atoms with Crippen LogP contribution >= 0.6 is 23.5 Å². The van der Waals surface area contributed by atoms with Crippen LogP contribution in [0.4, 0.5) is 0 Å². The van der Waals surface area contributed by atoms with Gasteiger partial charge in [-0.1, -0.05) is 42.9 Å². The molecule has 0 aliphatic heterocycles. The molecule has 2 N–H and O–H groups in total. The van der Waals surface area contributed by atoms with Gasteiger partial charge in [-0.25, -0.2) is 0 Å². The molecule has 0 spiro atoms. The minimum absolute atomic E-state index is 0.186. The lowest BCUT2D eigenvalue weighted by Gasteiger charge is -2.22. The Bertz CT molecular complexity index is 544. The molecule has 2 rings (SSSR count). The zero-order chi connectivity index (χ0) is 18.9. The summed E-state index contributed by atoms with van der Waals surface area (Å²) >= 11 is 4.06. The second-order valence-corrected chi connectivity index (χ2v) is 10.4. The van der Waals surface area contributed by atoms with E-state index in [9.17, 15) is 0 Å². The van der Waals surface area contributed by atoms with Crippen molar-refractivity contribution in [3.8, 4) is 0 Å².